The molecule has 0 saturated heterocycles. The second-order valence-corrected chi connectivity index (χ2v) is 4.58. The summed E-state index contributed by atoms with van der Waals surface area (Å²) in [5.41, 5.74) is 1.86. The molecule has 2 N–H and O–H groups in total. The van der Waals surface area contributed by atoms with Gasteiger partial charge in [0.25, 0.3) is 5.69 Å². The standard InChI is InChI=1S/C14H13N5O2/c20-19(21)12-2-3-13-10(7-12)1-4-14(18-13)16-6-5-11-8-15-9-17-11/h1-4,7-9H,5-6H2,(H,15,17)(H,16,18). The number of H-pyrrole nitrogens is 1. The average Bonchev–Trinajstić information content (AvgIpc) is 3.00. The number of nitrogens with zero attached hydrogens (tertiary/aromatic N) is 3. The summed E-state index contributed by atoms with van der Waals surface area (Å²) in [6.45, 7) is 0.730. The number of aromatic nitrogens is 3. The molecule has 21 heavy (non-hydrogen) atoms. The lowest BCUT2D eigenvalue weighted by Gasteiger charge is -2.06. The Hall–Kier alpha value is -2.96. The van der Waals surface area contributed by atoms with Gasteiger partial charge in [0.1, 0.15) is 5.82 Å². The summed E-state index contributed by atoms with van der Waals surface area (Å²) in [6, 6.07) is 8.29. The quantitative estimate of drug-likeness (QED) is 0.554. The third-order valence-electron chi connectivity index (χ3n) is 3.14. The molecule has 7 heteroatoms. The van der Waals surface area contributed by atoms with Crippen LogP contribution in [-0.2, 0) is 6.42 Å². The van der Waals surface area contributed by atoms with E-state index < -0.39 is 4.92 Å². The van der Waals surface area contributed by atoms with Crippen molar-refractivity contribution in [1.29, 1.82) is 0 Å². The Balaban J connectivity index is 1.72. The zero-order chi connectivity index (χ0) is 14.7. The first kappa shape index (κ1) is 13.0. The Labute approximate surface area is 120 Å². The second-order valence-electron chi connectivity index (χ2n) is 4.58. The van der Waals surface area contributed by atoms with Gasteiger partial charge in [0.2, 0.25) is 0 Å². The van der Waals surface area contributed by atoms with Crippen molar-refractivity contribution < 1.29 is 4.92 Å². The van der Waals surface area contributed by atoms with Gasteiger partial charge in [-0.2, -0.15) is 0 Å². The number of fused-ring (bicyclic) bond motifs is 1. The SMILES string of the molecule is O=[N+]([O-])c1ccc2nc(NCCc3cnc[nH]3)ccc2c1. The van der Waals surface area contributed by atoms with Crippen molar-refractivity contribution in [2.75, 3.05) is 11.9 Å². The number of pyridine rings is 1. The molecule has 0 unspecified atom stereocenters. The molecule has 0 aliphatic heterocycles. The van der Waals surface area contributed by atoms with Gasteiger partial charge < -0.3 is 10.3 Å². The molecule has 0 amide bonds. The van der Waals surface area contributed by atoms with Crippen LogP contribution in [0.25, 0.3) is 10.9 Å². The first-order valence-electron chi connectivity index (χ1n) is 6.49. The summed E-state index contributed by atoms with van der Waals surface area (Å²) < 4.78 is 0. The van der Waals surface area contributed by atoms with Crippen molar-refractivity contribution in [3.05, 3.63) is 58.7 Å². The van der Waals surface area contributed by atoms with Gasteiger partial charge in [0, 0.05) is 42.4 Å². The minimum Gasteiger partial charge on any atom is -0.370 e. The first-order valence-corrected chi connectivity index (χ1v) is 6.49. The molecule has 0 fully saturated rings. The van der Waals surface area contributed by atoms with E-state index in [-0.39, 0.29) is 5.69 Å². The van der Waals surface area contributed by atoms with Crippen LogP contribution in [0.4, 0.5) is 11.5 Å². The Morgan fingerprint density at radius 3 is 2.95 bits per heavy atom. The Kier molecular flexibility index (Phi) is 3.46. The van der Waals surface area contributed by atoms with Crippen LogP contribution in [0, 0.1) is 10.1 Å². The molecule has 3 aromatic rings. The summed E-state index contributed by atoms with van der Waals surface area (Å²) in [6.07, 6.45) is 4.26. The van der Waals surface area contributed by atoms with E-state index in [0.717, 1.165) is 35.4 Å². The monoisotopic (exact) mass is 283 g/mol. The summed E-state index contributed by atoms with van der Waals surface area (Å²) >= 11 is 0. The number of anilines is 1. The van der Waals surface area contributed by atoms with E-state index >= 15 is 0 Å². The number of hydrogen-bond donors (Lipinski definition) is 2. The minimum absolute atomic E-state index is 0.0734. The van der Waals surface area contributed by atoms with Crippen molar-refractivity contribution in [2.24, 2.45) is 0 Å². The molecule has 0 saturated carbocycles. The number of benzene rings is 1. The van der Waals surface area contributed by atoms with Crippen LogP contribution in [0.1, 0.15) is 5.69 Å². The number of imidazole rings is 1. The lowest BCUT2D eigenvalue weighted by atomic mass is 10.2. The molecule has 0 aliphatic carbocycles. The molecule has 2 aromatic heterocycles. The zero-order valence-corrected chi connectivity index (χ0v) is 11.1. The fourth-order valence-corrected chi connectivity index (χ4v) is 2.07. The van der Waals surface area contributed by atoms with E-state index in [2.05, 4.69) is 20.3 Å². The van der Waals surface area contributed by atoms with Crippen LogP contribution in [-0.4, -0.2) is 26.4 Å². The van der Waals surface area contributed by atoms with E-state index in [0.29, 0.717) is 0 Å². The minimum atomic E-state index is -0.407. The molecule has 106 valence electrons. The molecule has 0 spiro atoms. The number of nitro benzene ring substituents is 1. The molecule has 1 aromatic carbocycles. The van der Waals surface area contributed by atoms with Crippen molar-refractivity contribution >= 4 is 22.4 Å². The Morgan fingerprint density at radius 2 is 2.19 bits per heavy atom. The van der Waals surface area contributed by atoms with Crippen molar-refractivity contribution in [1.82, 2.24) is 15.0 Å². The van der Waals surface area contributed by atoms with Gasteiger partial charge in [0.05, 0.1) is 16.8 Å². The van der Waals surface area contributed by atoms with Gasteiger partial charge in [0.15, 0.2) is 0 Å². The highest BCUT2D eigenvalue weighted by atomic mass is 16.6. The fraction of sp³-hybridized carbons (Fsp3) is 0.143. The van der Waals surface area contributed by atoms with E-state index in [1.807, 2.05) is 12.1 Å². The molecular formula is C14H13N5O2. The van der Waals surface area contributed by atoms with Crippen LogP contribution in [0.3, 0.4) is 0 Å². The number of nitro groups is 1. The third kappa shape index (κ3) is 2.97. The smallest absolute Gasteiger partial charge is 0.270 e. The molecule has 0 radical (unpaired) electrons. The van der Waals surface area contributed by atoms with Crippen molar-refractivity contribution in [2.45, 2.75) is 6.42 Å². The number of nitrogens with one attached hydrogen (secondary N) is 2. The topological polar surface area (TPSA) is 96.7 Å². The Morgan fingerprint density at radius 1 is 1.29 bits per heavy atom. The van der Waals surface area contributed by atoms with Gasteiger partial charge in [-0.15, -0.1) is 0 Å². The lowest BCUT2D eigenvalue weighted by Crippen LogP contribution is -2.06. The summed E-state index contributed by atoms with van der Waals surface area (Å²) in [5, 5.41) is 14.7. The van der Waals surface area contributed by atoms with Crippen LogP contribution in [0.5, 0.6) is 0 Å². The normalized spacial score (nSPS) is 10.7. The number of rotatable bonds is 5. The van der Waals surface area contributed by atoms with Crippen LogP contribution >= 0.6 is 0 Å². The summed E-state index contributed by atoms with van der Waals surface area (Å²) in [5.74, 6) is 0.746. The largest absolute Gasteiger partial charge is 0.370 e. The maximum absolute atomic E-state index is 10.7. The van der Waals surface area contributed by atoms with E-state index in [1.54, 1.807) is 18.6 Å². The van der Waals surface area contributed by atoms with Crippen LogP contribution in [0.15, 0.2) is 42.9 Å². The average molecular weight is 283 g/mol. The maximum atomic E-state index is 10.7. The number of non-ortho nitro benzene ring substituents is 1. The fourth-order valence-electron chi connectivity index (χ4n) is 2.07. The molecular weight excluding hydrogens is 270 g/mol. The Bertz CT molecular complexity index is 770. The summed E-state index contributed by atoms with van der Waals surface area (Å²) in [7, 11) is 0. The van der Waals surface area contributed by atoms with Gasteiger partial charge in [-0.25, -0.2) is 9.97 Å². The second kappa shape index (κ2) is 5.58. The van der Waals surface area contributed by atoms with Crippen molar-refractivity contribution in [3.8, 4) is 0 Å². The third-order valence-corrected chi connectivity index (χ3v) is 3.14. The highest BCUT2D eigenvalue weighted by Gasteiger charge is 2.07. The molecule has 2 heterocycles. The maximum Gasteiger partial charge on any atom is 0.270 e. The molecule has 0 bridgehead atoms. The van der Waals surface area contributed by atoms with Crippen LogP contribution in [0.2, 0.25) is 0 Å². The highest BCUT2D eigenvalue weighted by Crippen LogP contribution is 2.20. The van der Waals surface area contributed by atoms with E-state index in [1.165, 1.54) is 12.1 Å². The predicted molar refractivity (Wildman–Crippen MR) is 79.2 cm³/mol. The molecule has 3 rings (SSSR count). The predicted octanol–water partition coefficient (Wildman–Crippen LogP) is 2.52. The van der Waals surface area contributed by atoms with Gasteiger partial charge in [-0.05, 0) is 18.2 Å². The van der Waals surface area contributed by atoms with Gasteiger partial charge in [-0.3, -0.25) is 10.1 Å². The molecule has 7 nitrogen and oxygen atoms in total. The highest BCUT2D eigenvalue weighted by molar-refractivity contribution is 5.82. The lowest BCUT2D eigenvalue weighted by molar-refractivity contribution is -0.384. The zero-order valence-electron chi connectivity index (χ0n) is 11.1. The van der Waals surface area contributed by atoms with Crippen molar-refractivity contribution in [3.63, 3.8) is 0 Å². The molecule has 0 aliphatic rings. The molecule has 0 atom stereocenters. The first-order chi connectivity index (χ1) is 10.2. The summed E-state index contributed by atoms with van der Waals surface area (Å²) in [4.78, 5) is 21.8. The number of hydrogen-bond acceptors (Lipinski definition) is 5. The van der Waals surface area contributed by atoms with Gasteiger partial charge >= 0.3 is 0 Å². The van der Waals surface area contributed by atoms with E-state index in [9.17, 15) is 10.1 Å². The number of aromatic amines is 1. The van der Waals surface area contributed by atoms with Crippen LogP contribution < -0.4 is 5.32 Å². The van der Waals surface area contributed by atoms with Gasteiger partial charge in [-0.1, -0.05) is 0 Å². The van der Waals surface area contributed by atoms with E-state index in [4.69, 9.17) is 0 Å².